The van der Waals surface area contributed by atoms with E-state index in [2.05, 4.69) is 4.74 Å². The summed E-state index contributed by atoms with van der Waals surface area (Å²) in [6.45, 7) is 2.10. The summed E-state index contributed by atoms with van der Waals surface area (Å²) in [4.78, 5) is 23.3. The first-order valence-electron chi connectivity index (χ1n) is 4.63. The van der Waals surface area contributed by atoms with Gasteiger partial charge in [-0.3, -0.25) is 4.79 Å². The van der Waals surface area contributed by atoms with Crippen molar-refractivity contribution in [2.24, 2.45) is 5.92 Å². The standard InChI is InChI=1S/C9H15NO4/c1-6-3-4-7(8(11)14-2)5-10(6)9(12)13/h6-7H,3-5H2,1-2H3,(H,12,13)/t6-,7-/m1/s1. The van der Waals surface area contributed by atoms with E-state index in [0.29, 0.717) is 12.8 Å². The molecule has 80 valence electrons. The van der Waals surface area contributed by atoms with Crippen LogP contribution in [0, 0.1) is 5.92 Å². The monoisotopic (exact) mass is 201 g/mol. The molecule has 14 heavy (non-hydrogen) atoms. The van der Waals surface area contributed by atoms with Gasteiger partial charge in [0.15, 0.2) is 0 Å². The Bertz CT molecular complexity index is 241. The van der Waals surface area contributed by atoms with E-state index in [1.807, 2.05) is 6.92 Å². The number of nitrogens with zero attached hydrogens (tertiary/aromatic N) is 1. The van der Waals surface area contributed by atoms with Crippen molar-refractivity contribution >= 4 is 12.1 Å². The maximum Gasteiger partial charge on any atom is 0.407 e. The number of ether oxygens (including phenoxy) is 1. The third-order valence-corrected chi connectivity index (χ3v) is 2.66. The molecule has 0 unspecified atom stereocenters. The largest absolute Gasteiger partial charge is 0.469 e. The summed E-state index contributed by atoms with van der Waals surface area (Å²) in [6, 6.07) is -0.00611. The zero-order valence-electron chi connectivity index (χ0n) is 8.40. The highest BCUT2D eigenvalue weighted by Gasteiger charge is 2.32. The van der Waals surface area contributed by atoms with Gasteiger partial charge < -0.3 is 14.7 Å². The van der Waals surface area contributed by atoms with E-state index >= 15 is 0 Å². The van der Waals surface area contributed by atoms with Gasteiger partial charge in [-0.2, -0.15) is 0 Å². The van der Waals surface area contributed by atoms with Crippen LogP contribution >= 0.6 is 0 Å². The summed E-state index contributed by atoms with van der Waals surface area (Å²) in [7, 11) is 1.32. The van der Waals surface area contributed by atoms with Crippen LogP contribution in [0.2, 0.25) is 0 Å². The molecule has 0 aliphatic carbocycles. The highest BCUT2D eigenvalue weighted by atomic mass is 16.5. The number of rotatable bonds is 1. The zero-order valence-corrected chi connectivity index (χ0v) is 8.40. The molecule has 0 bridgehead atoms. The summed E-state index contributed by atoms with van der Waals surface area (Å²) in [5.74, 6) is -0.615. The number of amides is 1. The first-order valence-corrected chi connectivity index (χ1v) is 4.63. The van der Waals surface area contributed by atoms with Gasteiger partial charge in [-0.25, -0.2) is 4.79 Å². The van der Waals surface area contributed by atoms with Crippen LogP contribution in [0.3, 0.4) is 0 Å². The summed E-state index contributed by atoms with van der Waals surface area (Å²) in [6.07, 6.45) is 0.454. The SMILES string of the molecule is COC(=O)[C@@H]1CC[C@@H](C)N(C(=O)O)C1. The molecule has 0 aromatic rings. The highest BCUT2D eigenvalue weighted by Crippen LogP contribution is 2.22. The molecular weight excluding hydrogens is 186 g/mol. The number of carbonyl (C=O) groups excluding carboxylic acids is 1. The van der Waals surface area contributed by atoms with Gasteiger partial charge in [-0.1, -0.05) is 0 Å². The molecule has 1 saturated heterocycles. The average Bonchev–Trinajstić information content (AvgIpc) is 2.17. The molecule has 5 heteroatoms. The first kappa shape index (κ1) is 10.8. The number of methoxy groups -OCH3 is 1. The normalized spacial score (nSPS) is 27.1. The van der Waals surface area contributed by atoms with Crippen molar-refractivity contribution < 1.29 is 19.4 Å². The van der Waals surface area contributed by atoms with Crippen LogP contribution in [-0.2, 0) is 9.53 Å². The number of hydrogen-bond donors (Lipinski definition) is 1. The molecular formula is C9H15NO4. The minimum atomic E-state index is -0.967. The lowest BCUT2D eigenvalue weighted by molar-refractivity contribution is -0.147. The molecule has 0 aromatic carbocycles. The summed E-state index contributed by atoms with van der Waals surface area (Å²) >= 11 is 0. The Kier molecular flexibility index (Phi) is 3.33. The number of hydrogen-bond acceptors (Lipinski definition) is 3. The number of carbonyl (C=O) groups is 2. The van der Waals surface area contributed by atoms with Gasteiger partial charge >= 0.3 is 12.1 Å². The van der Waals surface area contributed by atoms with Crippen molar-refractivity contribution in [1.29, 1.82) is 0 Å². The molecule has 2 atom stereocenters. The summed E-state index contributed by atoms with van der Waals surface area (Å²) in [5.41, 5.74) is 0. The average molecular weight is 201 g/mol. The van der Waals surface area contributed by atoms with Crippen LogP contribution in [0.1, 0.15) is 19.8 Å². The number of piperidine rings is 1. The van der Waals surface area contributed by atoms with Crippen LogP contribution in [0.25, 0.3) is 0 Å². The zero-order chi connectivity index (χ0) is 10.7. The molecule has 1 N–H and O–H groups in total. The third-order valence-electron chi connectivity index (χ3n) is 2.66. The second-order valence-electron chi connectivity index (χ2n) is 3.58. The van der Waals surface area contributed by atoms with E-state index in [9.17, 15) is 9.59 Å². The summed E-state index contributed by atoms with van der Waals surface area (Å²) in [5, 5.41) is 8.85. The maximum absolute atomic E-state index is 11.2. The summed E-state index contributed by atoms with van der Waals surface area (Å²) < 4.78 is 4.59. The molecule has 1 aliphatic rings. The molecule has 0 saturated carbocycles. The van der Waals surface area contributed by atoms with Crippen LogP contribution in [0.4, 0.5) is 4.79 Å². The predicted octanol–water partition coefficient (Wildman–Crippen LogP) is 0.938. The Hall–Kier alpha value is -1.26. The van der Waals surface area contributed by atoms with Crippen LogP contribution in [0.5, 0.6) is 0 Å². The maximum atomic E-state index is 11.2. The lowest BCUT2D eigenvalue weighted by Crippen LogP contribution is -2.46. The number of likely N-dealkylation sites (tertiary alicyclic amines) is 1. The topological polar surface area (TPSA) is 66.8 Å². The van der Waals surface area contributed by atoms with Gasteiger partial charge in [-0.05, 0) is 19.8 Å². The Morgan fingerprint density at radius 2 is 2.07 bits per heavy atom. The number of carboxylic acid groups (broad SMARTS) is 1. The van der Waals surface area contributed by atoms with Crippen LogP contribution in [-0.4, -0.2) is 41.8 Å². The lowest BCUT2D eigenvalue weighted by Gasteiger charge is -2.34. The second kappa shape index (κ2) is 4.30. The fraction of sp³-hybridized carbons (Fsp3) is 0.778. The van der Waals surface area contributed by atoms with E-state index in [4.69, 9.17) is 5.11 Å². The van der Waals surface area contributed by atoms with Gasteiger partial charge in [0.2, 0.25) is 0 Å². The van der Waals surface area contributed by atoms with E-state index in [1.165, 1.54) is 12.0 Å². The molecule has 1 heterocycles. The van der Waals surface area contributed by atoms with Gasteiger partial charge in [0.25, 0.3) is 0 Å². The Morgan fingerprint density at radius 1 is 1.43 bits per heavy atom. The molecule has 1 amide bonds. The first-order chi connectivity index (χ1) is 6.56. The van der Waals surface area contributed by atoms with Gasteiger partial charge in [0.1, 0.15) is 0 Å². The Labute approximate surface area is 82.6 Å². The smallest absolute Gasteiger partial charge is 0.407 e. The third kappa shape index (κ3) is 2.16. The Balaban J connectivity index is 2.62. The quantitative estimate of drug-likeness (QED) is 0.641. The molecule has 1 rings (SSSR count). The van der Waals surface area contributed by atoms with Crippen molar-refractivity contribution in [3.05, 3.63) is 0 Å². The fourth-order valence-electron chi connectivity index (χ4n) is 1.73. The molecule has 0 spiro atoms. The minimum absolute atomic E-state index is 0.00611. The van der Waals surface area contributed by atoms with Crippen molar-refractivity contribution in [2.75, 3.05) is 13.7 Å². The van der Waals surface area contributed by atoms with Crippen LogP contribution < -0.4 is 0 Å². The number of esters is 1. The second-order valence-corrected chi connectivity index (χ2v) is 3.58. The van der Waals surface area contributed by atoms with E-state index in [1.54, 1.807) is 0 Å². The van der Waals surface area contributed by atoms with Crippen molar-refractivity contribution in [3.8, 4) is 0 Å². The van der Waals surface area contributed by atoms with Gasteiger partial charge in [0.05, 0.1) is 13.0 Å². The lowest BCUT2D eigenvalue weighted by atomic mass is 9.94. The van der Waals surface area contributed by atoms with E-state index in [0.717, 1.165) is 0 Å². The predicted molar refractivity (Wildman–Crippen MR) is 48.9 cm³/mol. The van der Waals surface area contributed by atoms with Crippen LogP contribution in [0.15, 0.2) is 0 Å². The van der Waals surface area contributed by atoms with Crippen molar-refractivity contribution in [2.45, 2.75) is 25.8 Å². The van der Waals surface area contributed by atoms with Gasteiger partial charge in [0, 0.05) is 12.6 Å². The molecule has 5 nitrogen and oxygen atoms in total. The van der Waals surface area contributed by atoms with Crippen molar-refractivity contribution in [1.82, 2.24) is 4.90 Å². The van der Waals surface area contributed by atoms with Crippen molar-refractivity contribution in [3.63, 3.8) is 0 Å². The van der Waals surface area contributed by atoms with E-state index in [-0.39, 0.29) is 24.5 Å². The minimum Gasteiger partial charge on any atom is -0.469 e. The molecule has 1 aliphatic heterocycles. The molecule has 1 fully saturated rings. The fourth-order valence-corrected chi connectivity index (χ4v) is 1.73. The highest BCUT2D eigenvalue weighted by molar-refractivity contribution is 5.74. The molecule has 0 aromatic heterocycles. The molecule has 0 radical (unpaired) electrons. The van der Waals surface area contributed by atoms with E-state index < -0.39 is 6.09 Å². The van der Waals surface area contributed by atoms with Gasteiger partial charge in [-0.15, -0.1) is 0 Å². The Morgan fingerprint density at radius 3 is 2.57 bits per heavy atom.